The summed E-state index contributed by atoms with van der Waals surface area (Å²) < 4.78 is 2.73. The van der Waals surface area contributed by atoms with E-state index >= 15 is 0 Å². The lowest BCUT2D eigenvalue weighted by Gasteiger charge is -2.28. The van der Waals surface area contributed by atoms with Gasteiger partial charge in [-0.1, -0.05) is 52.4 Å². The fourth-order valence-corrected chi connectivity index (χ4v) is 7.29. The third-order valence-electron chi connectivity index (χ3n) is 4.81. The topological polar surface area (TPSA) is 17.8 Å². The molecule has 2 rings (SSSR count). The van der Waals surface area contributed by atoms with Crippen LogP contribution in [0.15, 0.2) is 18.7 Å². The van der Waals surface area contributed by atoms with Crippen LogP contribution in [0.2, 0.25) is 0 Å². The van der Waals surface area contributed by atoms with E-state index in [0.717, 1.165) is 11.8 Å². The Bertz CT molecular complexity index is 408. The maximum Gasteiger partial charge on any atom is 0.0945 e. The summed E-state index contributed by atoms with van der Waals surface area (Å²) in [6, 6.07) is 0. The first-order valence-corrected chi connectivity index (χ1v) is 11.4. The number of aryl methyl sites for hydroxylation is 1. The molecule has 132 valence electrons. The van der Waals surface area contributed by atoms with Gasteiger partial charge in [0.1, 0.15) is 0 Å². The molecule has 1 aliphatic rings. The van der Waals surface area contributed by atoms with Crippen molar-refractivity contribution in [2.45, 2.75) is 93.9 Å². The molecule has 2 atom stereocenters. The van der Waals surface area contributed by atoms with Crippen LogP contribution in [0, 0.1) is 0 Å². The fourth-order valence-electron chi connectivity index (χ4n) is 3.33. The highest BCUT2D eigenvalue weighted by Crippen LogP contribution is 2.54. The third-order valence-corrected chi connectivity index (χ3v) is 8.84. The summed E-state index contributed by atoms with van der Waals surface area (Å²) in [6.07, 6.45) is 19.8. The first kappa shape index (κ1) is 19.2. The molecule has 23 heavy (non-hydrogen) atoms. The second kappa shape index (κ2) is 10.7. The number of imidazole rings is 1. The first-order valence-electron chi connectivity index (χ1n) is 9.55. The van der Waals surface area contributed by atoms with E-state index < -0.39 is 0 Å². The number of nitrogens with zero attached hydrogens (tertiary/aromatic N) is 2. The lowest BCUT2D eigenvalue weighted by atomic mass is 10.1. The van der Waals surface area contributed by atoms with Crippen LogP contribution >= 0.6 is 23.5 Å². The zero-order chi connectivity index (χ0) is 16.4. The fraction of sp³-hybridized carbons (Fsp3) is 0.842. The number of aromatic nitrogens is 2. The summed E-state index contributed by atoms with van der Waals surface area (Å²) >= 11 is 4.57. The van der Waals surface area contributed by atoms with Crippen LogP contribution in [0.1, 0.15) is 78.1 Å². The summed E-state index contributed by atoms with van der Waals surface area (Å²) in [5, 5.41) is 0.883. The van der Waals surface area contributed by atoms with Crippen molar-refractivity contribution in [1.82, 2.24) is 9.55 Å². The van der Waals surface area contributed by atoms with E-state index in [1.54, 1.807) is 0 Å². The van der Waals surface area contributed by atoms with E-state index in [0.29, 0.717) is 4.08 Å². The minimum atomic E-state index is 0.506. The number of hydrogen-bond donors (Lipinski definition) is 0. The molecule has 1 aromatic rings. The lowest BCUT2D eigenvalue weighted by molar-refractivity contribution is 0.525. The third kappa shape index (κ3) is 6.74. The van der Waals surface area contributed by atoms with E-state index in [1.807, 2.05) is 12.5 Å². The Balaban J connectivity index is 1.73. The second-order valence-electron chi connectivity index (χ2n) is 6.79. The maximum absolute atomic E-state index is 4.15. The van der Waals surface area contributed by atoms with E-state index in [9.17, 15) is 0 Å². The van der Waals surface area contributed by atoms with E-state index in [2.05, 4.69) is 53.1 Å². The van der Waals surface area contributed by atoms with Crippen molar-refractivity contribution < 1.29 is 0 Å². The van der Waals surface area contributed by atoms with E-state index in [1.165, 1.54) is 70.0 Å². The lowest BCUT2D eigenvalue weighted by Crippen LogP contribution is -2.18. The van der Waals surface area contributed by atoms with Gasteiger partial charge < -0.3 is 4.57 Å². The van der Waals surface area contributed by atoms with Crippen LogP contribution in [-0.4, -0.2) is 24.6 Å². The second-order valence-corrected chi connectivity index (χ2v) is 10.1. The zero-order valence-electron chi connectivity index (χ0n) is 15.0. The minimum Gasteiger partial charge on any atom is -0.337 e. The molecule has 0 spiro atoms. The highest BCUT2D eigenvalue weighted by molar-refractivity contribution is 8.21. The van der Waals surface area contributed by atoms with Crippen molar-refractivity contribution in [1.29, 1.82) is 0 Å². The molecule has 0 amide bonds. The Kier molecular flexibility index (Phi) is 8.96. The molecule has 1 aromatic heterocycles. The summed E-state index contributed by atoms with van der Waals surface area (Å²) in [7, 11) is 0. The molecule has 0 saturated carbocycles. The van der Waals surface area contributed by atoms with Crippen LogP contribution in [0.5, 0.6) is 0 Å². The van der Waals surface area contributed by atoms with Crippen LogP contribution < -0.4 is 0 Å². The molecule has 0 aromatic carbocycles. The van der Waals surface area contributed by atoms with Crippen LogP contribution in [-0.2, 0) is 6.54 Å². The van der Waals surface area contributed by atoms with Crippen molar-refractivity contribution >= 4 is 23.5 Å². The largest absolute Gasteiger partial charge is 0.337 e. The van der Waals surface area contributed by atoms with Gasteiger partial charge in [-0.2, -0.15) is 0 Å². The summed E-state index contributed by atoms with van der Waals surface area (Å²) in [4.78, 5) is 4.15. The molecule has 0 N–H and O–H groups in total. The smallest absolute Gasteiger partial charge is 0.0945 e. The normalized spacial score (nSPS) is 24.3. The standard InChI is InChI=1S/C19H34N2S2/c1-3-5-6-7-8-9-11-19(22-16-18(4-2)23-19)12-10-14-21-15-13-20-17-21/h13,15,17-18H,3-12,14,16H2,1-2H3. The summed E-state index contributed by atoms with van der Waals surface area (Å²) in [6.45, 7) is 5.77. The van der Waals surface area contributed by atoms with Crippen LogP contribution in [0.3, 0.4) is 0 Å². The maximum atomic E-state index is 4.15. The van der Waals surface area contributed by atoms with Crippen molar-refractivity contribution in [3.63, 3.8) is 0 Å². The predicted molar refractivity (Wildman–Crippen MR) is 106 cm³/mol. The molecule has 1 fully saturated rings. The van der Waals surface area contributed by atoms with Crippen molar-refractivity contribution in [3.8, 4) is 0 Å². The number of rotatable bonds is 12. The summed E-state index contributed by atoms with van der Waals surface area (Å²) in [5.41, 5.74) is 0. The minimum absolute atomic E-state index is 0.506. The number of hydrogen-bond acceptors (Lipinski definition) is 3. The van der Waals surface area contributed by atoms with E-state index in [-0.39, 0.29) is 0 Å². The highest BCUT2D eigenvalue weighted by atomic mass is 32.2. The molecule has 4 heteroatoms. The van der Waals surface area contributed by atoms with Gasteiger partial charge >= 0.3 is 0 Å². The molecular weight excluding hydrogens is 320 g/mol. The molecule has 0 radical (unpaired) electrons. The molecular formula is C19H34N2S2. The average Bonchev–Trinajstić information content (AvgIpc) is 3.21. The van der Waals surface area contributed by atoms with Crippen molar-refractivity contribution in [2.24, 2.45) is 0 Å². The molecule has 2 nitrogen and oxygen atoms in total. The van der Waals surface area contributed by atoms with E-state index in [4.69, 9.17) is 0 Å². The molecule has 0 aliphatic carbocycles. The van der Waals surface area contributed by atoms with Crippen molar-refractivity contribution in [2.75, 3.05) is 5.75 Å². The average molecular weight is 355 g/mol. The number of thioether (sulfide) groups is 2. The van der Waals surface area contributed by atoms with Gasteiger partial charge in [0.05, 0.1) is 10.4 Å². The molecule has 2 unspecified atom stereocenters. The Morgan fingerprint density at radius 3 is 2.57 bits per heavy atom. The molecule has 0 bridgehead atoms. The van der Waals surface area contributed by atoms with Gasteiger partial charge in [0.25, 0.3) is 0 Å². The molecule has 1 saturated heterocycles. The van der Waals surface area contributed by atoms with Gasteiger partial charge in [0, 0.05) is 29.9 Å². The van der Waals surface area contributed by atoms with Gasteiger partial charge in [-0.05, 0) is 25.7 Å². The number of unbranched alkanes of at least 4 members (excludes halogenated alkanes) is 5. The van der Waals surface area contributed by atoms with Gasteiger partial charge in [-0.3, -0.25) is 0 Å². The highest BCUT2D eigenvalue weighted by Gasteiger charge is 2.38. The van der Waals surface area contributed by atoms with Crippen LogP contribution in [0.25, 0.3) is 0 Å². The van der Waals surface area contributed by atoms with Gasteiger partial charge in [-0.25, -0.2) is 4.98 Å². The van der Waals surface area contributed by atoms with Gasteiger partial charge in [0.2, 0.25) is 0 Å². The SMILES string of the molecule is CCCCCCCCC1(CCCn2ccnc2)SCC(CC)S1. The van der Waals surface area contributed by atoms with Gasteiger partial charge in [0.15, 0.2) is 0 Å². The predicted octanol–water partition coefficient (Wildman–Crippen LogP) is 6.37. The molecule has 1 aliphatic heterocycles. The van der Waals surface area contributed by atoms with Crippen LogP contribution in [0.4, 0.5) is 0 Å². The monoisotopic (exact) mass is 354 g/mol. The molecule has 2 heterocycles. The van der Waals surface area contributed by atoms with Crippen molar-refractivity contribution in [3.05, 3.63) is 18.7 Å². The Morgan fingerprint density at radius 2 is 1.87 bits per heavy atom. The first-order chi connectivity index (χ1) is 11.3. The summed E-state index contributed by atoms with van der Waals surface area (Å²) in [5.74, 6) is 1.36. The zero-order valence-corrected chi connectivity index (χ0v) is 16.6. The van der Waals surface area contributed by atoms with Gasteiger partial charge in [-0.15, -0.1) is 23.5 Å². The Hall–Kier alpha value is -0.0900. The Morgan fingerprint density at radius 1 is 1.09 bits per heavy atom. The Labute approximate surface area is 151 Å². The quantitative estimate of drug-likeness (QED) is 0.406.